The van der Waals surface area contributed by atoms with Gasteiger partial charge in [-0.2, -0.15) is 11.8 Å². The molecule has 0 bridgehead atoms. The Bertz CT molecular complexity index is 133. The highest BCUT2D eigenvalue weighted by Gasteiger charge is 2.01. The molecule has 0 aliphatic carbocycles. The largest absolute Gasteiger partial charge is 0.365 e. The minimum absolute atomic E-state index is 0.740. The minimum atomic E-state index is -0.748. The number of hydrogen-bond donors (Lipinski definition) is 1. The molecule has 0 rings (SSSR count). The Balaban J connectivity index is 3.47. The van der Waals surface area contributed by atoms with E-state index in [1.165, 1.54) is 20.0 Å². The molecule has 0 aromatic heterocycles. The lowest BCUT2D eigenvalue weighted by atomic mass is 10.3. The maximum absolute atomic E-state index is 9.02. The van der Waals surface area contributed by atoms with Crippen LogP contribution in [0.25, 0.3) is 0 Å². The lowest BCUT2D eigenvalue weighted by molar-refractivity contribution is -0.0357. The fourth-order valence-electron chi connectivity index (χ4n) is 0.967. The number of ether oxygens (including phenoxy) is 1. The van der Waals surface area contributed by atoms with E-state index in [2.05, 4.69) is 18.6 Å². The summed E-state index contributed by atoms with van der Waals surface area (Å²) in [6, 6.07) is 0. The van der Waals surface area contributed by atoms with Crippen molar-refractivity contribution in [3.05, 3.63) is 12.2 Å². The highest BCUT2D eigenvalue weighted by molar-refractivity contribution is 8.00. The van der Waals surface area contributed by atoms with Crippen molar-refractivity contribution in [1.29, 1.82) is 0 Å². The third-order valence-electron chi connectivity index (χ3n) is 1.88. The van der Waals surface area contributed by atoms with E-state index in [0.717, 1.165) is 11.0 Å². The van der Waals surface area contributed by atoms with Gasteiger partial charge in [0.15, 0.2) is 6.29 Å². The Hall–Kier alpha value is 0.01000. The number of aliphatic hydroxyl groups excluding tert-OH is 1. The number of aliphatic hydroxyl groups is 1. The van der Waals surface area contributed by atoms with Crippen LogP contribution < -0.4 is 0 Å². The van der Waals surface area contributed by atoms with E-state index >= 15 is 0 Å². The summed E-state index contributed by atoms with van der Waals surface area (Å²) in [4.78, 5) is 0. The molecule has 0 fully saturated rings. The van der Waals surface area contributed by atoms with Crippen LogP contribution in [0.3, 0.4) is 0 Å². The van der Waals surface area contributed by atoms with Gasteiger partial charge in [0.1, 0.15) is 0 Å². The van der Waals surface area contributed by atoms with Crippen molar-refractivity contribution >= 4 is 11.8 Å². The van der Waals surface area contributed by atoms with Crippen LogP contribution >= 0.6 is 11.8 Å². The summed E-state index contributed by atoms with van der Waals surface area (Å²) in [5.41, 5.74) is 0. The lowest BCUT2D eigenvalue weighted by Crippen LogP contribution is -2.04. The molecule has 78 valence electrons. The zero-order chi connectivity index (χ0) is 10.1. The average Bonchev–Trinajstić information content (AvgIpc) is 2.18. The van der Waals surface area contributed by atoms with Crippen molar-refractivity contribution in [3.8, 4) is 0 Å². The fourth-order valence-corrected chi connectivity index (χ4v) is 1.93. The van der Waals surface area contributed by atoms with Gasteiger partial charge in [-0.3, -0.25) is 0 Å². The molecule has 1 N–H and O–H groups in total. The molecule has 0 saturated carbocycles. The van der Waals surface area contributed by atoms with Crippen molar-refractivity contribution < 1.29 is 9.84 Å². The van der Waals surface area contributed by atoms with Gasteiger partial charge in [0.2, 0.25) is 0 Å². The molecular weight excluding hydrogens is 184 g/mol. The highest BCUT2D eigenvalue weighted by Crippen LogP contribution is 2.17. The fraction of sp³-hybridized carbons (Fsp3) is 0.800. The Morgan fingerprint density at radius 2 is 2.00 bits per heavy atom. The molecular formula is C10H20O2S. The van der Waals surface area contributed by atoms with Gasteiger partial charge < -0.3 is 9.84 Å². The Morgan fingerprint density at radius 1 is 1.38 bits per heavy atom. The predicted octanol–water partition coefficient (Wildman–Crippen LogP) is 2.43. The second kappa shape index (κ2) is 8.60. The van der Waals surface area contributed by atoms with Crippen LogP contribution in [-0.2, 0) is 4.74 Å². The number of methoxy groups -OCH3 is 1. The van der Waals surface area contributed by atoms with E-state index in [0.29, 0.717) is 0 Å². The van der Waals surface area contributed by atoms with Gasteiger partial charge in [0, 0.05) is 18.1 Å². The smallest absolute Gasteiger partial charge is 0.173 e. The second-order valence-corrected chi connectivity index (χ2v) is 4.16. The third kappa shape index (κ3) is 7.11. The summed E-state index contributed by atoms with van der Waals surface area (Å²) >= 11 is 1.92. The van der Waals surface area contributed by atoms with Gasteiger partial charge in [-0.1, -0.05) is 19.9 Å². The summed E-state index contributed by atoms with van der Waals surface area (Å²) in [5, 5.41) is 9.76. The third-order valence-corrected chi connectivity index (χ3v) is 3.40. The first-order valence-electron chi connectivity index (χ1n) is 4.73. The number of rotatable bonds is 7. The minimum Gasteiger partial charge on any atom is -0.365 e. The van der Waals surface area contributed by atoms with Crippen molar-refractivity contribution in [1.82, 2.24) is 0 Å². The number of hydrogen-bond acceptors (Lipinski definition) is 3. The van der Waals surface area contributed by atoms with E-state index in [4.69, 9.17) is 5.11 Å². The van der Waals surface area contributed by atoms with Crippen molar-refractivity contribution in [2.24, 2.45) is 0 Å². The van der Waals surface area contributed by atoms with Crippen LogP contribution in [0, 0.1) is 0 Å². The van der Waals surface area contributed by atoms with Crippen LogP contribution in [0.1, 0.15) is 26.7 Å². The first kappa shape index (κ1) is 13.0. The highest BCUT2D eigenvalue weighted by atomic mass is 32.2. The maximum atomic E-state index is 9.02. The standard InChI is InChI=1S/C10H20O2S/c1-4-9(5-2)13-8-6-7-10(11)12-3/h6-7,9-11H,4-5,8H2,1-3H3. The molecule has 0 spiro atoms. The molecule has 0 aromatic carbocycles. The van der Waals surface area contributed by atoms with Gasteiger partial charge in [-0.25, -0.2) is 0 Å². The SMILES string of the molecule is CCC(CC)SCC=CC(O)OC. The lowest BCUT2D eigenvalue weighted by Gasteiger charge is -2.09. The molecule has 0 aromatic rings. The Morgan fingerprint density at radius 3 is 2.46 bits per heavy atom. The molecule has 0 radical (unpaired) electrons. The van der Waals surface area contributed by atoms with E-state index in [-0.39, 0.29) is 0 Å². The summed E-state index contributed by atoms with van der Waals surface area (Å²) in [7, 11) is 1.49. The molecule has 1 atom stereocenters. The summed E-state index contributed by atoms with van der Waals surface area (Å²) in [6.07, 6.45) is 5.30. The van der Waals surface area contributed by atoms with E-state index in [1.54, 1.807) is 6.08 Å². The molecule has 0 heterocycles. The van der Waals surface area contributed by atoms with Crippen LogP contribution in [0.4, 0.5) is 0 Å². The Labute approximate surface area is 85.4 Å². The molecule has 0 saturated heterocycles. The molecule has 1 unspecified atom stereocenters. The zero-order valence-corrected chi connectivity index (χ0v) is 9.51. The van der Waals surface area contributed by atoms with Crippen molar-refractivity contribution in [2.45, 2.75) is 38.2 Å². The van der Waals surface area contributed by atoms with Gasteiger partial charge in [-0.05, 0) is 18.9 Å². The van der Waals surface area contributed by atoms with E-state index < -0.39 is 6.29 Å². The summed E-state index contributed by atoms with van der Waals surface area (Å²) in [5.74, 6) is 0.951. The van der Waals surface area contributed by atoms with Crippen LogP contribution in [0.5, 0.6) is 0 Å². The number of thioether (sulfide) groups is 1. The van der Waals surface area contributed by atoms with Crippen LogP contribution in [-0.4, -0.2) is 29.5 Å². The first-order chi connectivity index (χ1) is 6.24. The molecule has 2 nitrogen and oxygen atoms in total. The molecule has 0 aliphatic rings. The van der Waals surface area contributed by atoms with Gasteiger partial charge in [-0.15, -0.1) is 0 Å². The van der Waals surface area contributed by atoms with Crippen LogP contribution in [0.2, 0.25) is 0 Å². The first-order valence-corrected chi connectivity index (χ1v) is 5.78. The molecule has 0 amide bonds. The summed E-state index contributed by atoms with van der Waals surface area (Å²) < 4.78 is 4.67. The molecule has 3 heteroatoms. The zero-order valence-electron chi connectivity index (χ0n) is 8.69. The maximum Gasteiger partial charge on any atom is 0.173 e. The quantitative estimate of drug-likeness (QED) is 0.510. The normalized spacial score (nSPS) is 14.2. The van der Waals surface area contributed by atoms with E-state index in [1.807, 2.05) is 17.8 Å². The topological polar surface area (TPSA) is 29.5 Å². The summed E-state index contributed by atoms with van der Waals surface area (Å²) in [6.45, 7) is 4.41. The van der Waals surface area contributed by atoms with Crippen molar-refractivity contribution in [3.63, 3.8) is 0 Å². The Kier molecular flexibility index (Phi) is 8.61. The van der Waals surface area contributed by atoms with Crippen LogP contribution in [0.15, 0.2) is 12.2 Å². The van der Waals surface area contributed by atoms with Gasteiger partial charge >= 0.3 is 0 Å². The average molecular weight is 204 g/mol. The van der Waals surface area contributed by atoms with Gasteiger partial charge in [0.05, 0.1) is 0 Å². The van der Waals surface area contributed by atoms with E-state index in [9.17, 15) is 0 Å². The molecule has 0 aliphatic heterocycles. The van der Waals surface area contributed by atoms with Crippen molar-refractivity contribution in [2.75, 3.05) is 12.9 Å². The predicted molar refractivity (Wildman–Crippen MR) is 59.0 cm³/mol. The molecule has 13 heavy (non-hydrogen) atoms. The monoisotopic (exact) mass is 204 g/mol. The van der Waals surface area contributed by atoms with Gasteiger partial charge in [0.25, 0.3) is 0 Å². The second-order valence-electron chi connectivity index (χ2n) is 2.83.